The number of methoxy groups -OCH3 is 2. The highest BCUT2D eigenvalue weighted by Gasteiger charge is 2.17. The summed E-state index contributed by atoms with van der Waals surface area (Å²) < 4.78 is 10.1. The second-order valence-electron chi connectivity index (χ2n) is 6.64. The molecular weight excluding hydrogens is 404 g/mol. The van der Waals surface area contributed by atoms with E-state index in [4.69, 9.17) is 9.47 Å². The fourth-order valence-corrected chi connectivity index (χ4v) is 3.49. The number of thiazole rings is 1. The minimum Gasteiger partial charge on any atom is -0.385 e. The molecule has 0 aliphatic rings. The smallest absolute Gasteiger partial charge is 0.318 e. The second-order valence-corrected chi connectivity index (χ2v) is 7.58. The highest BCUT2D eigenvalue weighted by molar-refractivity contribution is 7.09. The molecule has 2 N–H and O–H groups in total. The first-order valence-corrected chi connectivity index (χ1v) is 10.8. The predicted molar refractivity (Wildman–Crippen MR) is 117 cm³/mol. The van der Waals surface area contributed by atoms with Crippen LogP contribution in [0.1, 0.15) is 33.9 Å². The molecule has 164 valence electrons. The number of nitrogens with one attached hydrogen (secondary N) is 2. The first-order valence-electron chi connectivity index (χ1n) is 9.91. The van der Waals surface area contributed by atoms with Crippen molar-refractivity contribution in [3.63, 3.8) is 0 Å². The molecule has 0 aliphatic carbocycles. The molecule has 3 amide bonds. The lowest BCUT2D eigenvalue weighted by molar-refractivity contribution is 0.0944. The van der Waals surface area contributed by atoms with Crippen LogP contribution in [0.5, 0.6) is 0 Å². The van der Waals surface area contributed by atoms with E-state index >= 15 is 0 Å². The van der Waals surface area contributed by atoms with Gasteiger partial charge in [-0.3, -0.25) is 4.79 Å². The summed E-state index contributed by atoms with van der Waals surface area (Å²) in [5.74, 6) is -0.215. The van der Waals surface area contributed by atoms with Crippen molar-refractivity contribution in [1.29, 1.82) is 0 Å². The van der Waals surface area contributed by atoms with Crippen molar-refractivity contribution in [3.05, 3.63) is 52.0 Å². The van der Waals surface area contributed by atoms with Crippen molar-refractivity contribution >= 4 is 23.3 Å². The maximum absolute atomic E-state index is 12.7. The van der Waals surface area contributed by atoms with Gasteiger partial charge in [0.05, 0.1) is 6.54 Å². The summed E-state index contributed by atoms with van der Waals surface area (Å²) >= 11 is 1.37. The van der Waals surface area contributed by atoms with Crippen LogP contribution < -0.4 is 10.6 Å². The number of aromatic nitrogens is 1. The lowest BCUT2D eigenvalue weighted by Crippen LogP contribution is -2.40. The first-order chi connectivity index (χ1) is 14.6. The fraction of sp³-hybridized carbons (Fsp3) is 0.476. The Morgan fingerprint density at radius 1 is 1.07 bits per heavy atom. The van der Waals surface area contributed by atoms with E-state index in [2.05, 4.69) is 15.6 Å². The molecule has 8 nitrogen and oxygen atoms in total. The molecule has 0 spiro atoms. The van der Waals surface area contributed by atoms with Gasteiger partial charge >= 0.3 is 6.03 Å². The summed E-state index contributed by atoms with van der Waals surface area (Å²) in [5, 5.41) is 8.20. The Balaban J connectivity index is 1.92. The van der Waals surface area contributed by atoms with Gasteiger partial charge in [0.2, 0.25) is 0 Å². The van der Waals surface area contributed by atoms with Crippen molar-refractivity contribution in [2.24, 2.45) is 0 Å². The van der Waals surface area contributed by atoms with Gasteiger partial charge in [0, 0.05) is 52.4 Å². The van der Waals surface area contributed by atoms with Crippen LogP contribution in [0.4, 0.5) is 4.79 Å². The maximum atomic E-state index is 12.7. The van der Waals surface area contributed by atoms with Crippen molar-refractivity contribution in [1.82, 2.24) is 20.5 Å². The molecule has 2 rings (SSSR count). The molecule has 1 aromatic carbocycles. The van der Waals surface area contributed by atoms with Crippen molar-refractivity contribution in [3.8, 4) is 0 Å². The summed E-state index contributed by atoms with van der Waals surface area (Å²) in [7, 11) is 3.26. The number of hydrogen-bond donors (Lipinski definition) is 2. The molecule has 0 fully saturated rings. The zero-order valence-corrected chi connectivity index (χ0v) is 18.4. The number of hydrogen-bond acceptors (Lipinski definition) is 6. The van der Waals surface area contributed by atoms with E-state index in [-0.39, 0.29) is 11.9 Å². The third-order valence-electron chi connectivity index (χ3n) is 4.27. The van der Waals surface area contributed by atoms with E-state index < -0.39 is 0 Å². The van der Waals surface area contributed by atoms with Gasteiger partial charge in [0.1, 0.15) is 10.7 Å². The van der Waals surface area contributed by atoms with E-state index in [9.17, 15) is 9.59 Å². The van der Waals surface area contributed by atoms with Crippen LogP contribution in [0.3, 0.4) is 0 Å². The number of carbonyl (C=O) groups is 2. The largest absolute Gasteiger partial charge is 0.385 e. The Morgan fingerprint density at radius 3 is 2.53 bits per heavy atom. The Bertz CT molecular complexity index is 769. The number of amides is 3. The van der Waals surface area contributed by atoms with Gasteiger partial charge in [0.15, 0.2) is 0 Å². The fourth-order valence-electron chi connectivity index (χ4n) is 2.70. The standard InChI is InChI=1S/C21H30N4O4S/c1-28-12-6-10-22-20(26)18-16-30-19(24-18)15-25(11-7-13-29-2)21(27)23-14-17-8-4-3-5-9-17/h3-5,8-9,16H,6-7,10-15H2,1-2H3,(H,22,26)(H,23,27). The zero-order chi connectivity index (χ0) is 21.6. The van der Waals surface area contributed by atoms with E-state index in [1.807, 2.05) is 30.3 Å². The number of urea groups is 1. The molecule has 0 saturated carbocycles. The average Bonchev–Trinajstić information content (AvgIpc) is 3.24. The molecule has 0 atom stereocenters. The molecule has 0 unspecified atom stereocenters. The van der Waals surface area contributed by atoms with Crippen LogP contribution in [-0.4, -0.2) is 62.3 Å². The highest BCUT2D eigenvalue weighted by atomic mass is 32.1. The molecule has 0 radical (unpaired) electrons. The molecule has 2 aromatic rings. The Kier molecular flexibility index (Phi) is 10.8. The summed E-state index contributed by atoms with van der Waals surface area (Å²) in [5.41, 5.74) is 1.40. The normalized spacial score (nSPS) is 10.6. The number of nitrogens with zero attached hydrogens (tertiary/aromatic N) is 2. The quantitative estimate of drug-likeness (QED) is 0.473. The summed E-state index contributed by atoms with van der Waals surface area (Å²) in [6, 6.07) is 9.58. The molecule has 1 aromatic heterocycles. The second kappa shape index (κ2) is 13.7. The molecule has 0 saturated heterocycles. The van der Waals surface area contributed by atoms with Gasteiger partial charge in [-0.25, -0.2) is 9.78 Å². The number of carbonyl (C=O) groups excluding carboxylic acids is 2. The van der Waals surface area contributed by atoms with Crippen LogP contribution in [0.25, 0.3) is 0 Å². The number of rotatable bonds is 13. The summed E-state index contributed by atoms with van der Waals surface area (Å²) in [4.78, 5) is 31.0. The van der Waals surface area contributed by atoms with Crippen LogP contribution in [0.15, 0.2) is 35.7 Å². The van der Waals surface area contributed by atoms with Gasteiger partial charge < -0.3 is 25.0 Å². The molecule has 0 aliphatic heterocycles. The minimum atomic E-state index is -0.215. The summed E-state index contributed by atoms with van der Waals surface area (Å²) in [6.45, 7) is 3.02. The lowest BCUT2D eigenvalue weighted by atomic mass is 10.2. The molecular formula is C21H30N4O4S. The molecule has 1 heterocycles. The van der Waals surface area contributed by atoms with E-state index in [0.717, 1.165) is 12.0 Å². The Hall–Kier alpha value is -2.49. The SMILES string of the molecule is COCCCNC(=O)c1csc(CN(CCCOC)C(=O)NCc2ccccc2)n1. The maximum Gasteiger partial charge on any atom is 0.318 e. The van der Waals surface area contributed by atoms with Crippen LogP contribution in [0, 0.1) is 0 Å². The van der Waals surface area contributed by atoms with Crippen LogP contribution in [0.2, 0.25) is 0 Å². The average molecular weight is 435 g/mol. The van der Waals surface area contributed by atoms with Crippen molar-refractivity contribution in [2.45, 2.75) is 25.9 Å². The zero-order valence-electron chi connectivity index (χ0n) is 17.6. The van der Waals surface area contributed by atoms with Gasteiger partial charge in [-0.15, -0.1) is 11.3 Å². The van der Waals surface area contributed by atoms with Gasteiger partial charge in [0.25, 0.3) is 5.91 Å². The molecule has 9 heteroatoms. The van der Waals surface area contributed by atoms with E-state index in [0.29, 0.717) is 56.5 Å². The van der Waals surface area contributed by atoms with Crippen LogP contribution >= 0.6 is 11.3 Å². The van der Waals surface area contributed by atoms with E-state index in [1.165, 1.54) is 11.3 Å². The van der Waals surface area contributed by atoms with E-state index in [1.54, 1.807) is 24.5 Å². The van der Waals surface area contributed by atoms with Gasteiger partial charge in [-0.05, 0) is 18.4 Å². The third-order valence-corrected chi connectivity index (χ3v) is 5.11. The highest BCUT2D eigenvalue weighted by Crippen LogP contribution is 2.13. The van der Waals surface area contributed by atoms with Gasteiger partial charge in [-0.2, -0.15) is 0 Å². The van der Waals surface area contributed by atoms with Crippen LogP contribution in [-0.2, 0) is 22.6 Å². The predicted octanol–water partition coefficient (Wildman–Crippen LogP) is 2.66. The lowest BCUT2D eigenvalue weighted by Gasteiger charge is -2.22. The Morgan fingerprint density at radius 2 is 1.80 bits per heavy atom. The first kappa shape index (κ1) is 23.8. The summed E-state index contributed by atoms with van der Waals surface area (Å²) in [6.07, 6.45) is 1.46. The molecule has 30 heavy (non-hydrogen) atoms. The van der Waals surface area contributed by atoms with Crippen molar-refractivity contribution < 1.29 is 19.1 Å². The topological polar surface area (TPSA) is 92.8 Å². The Labute approximate surface area is 181 Å². The molecule has 0 bridgehead atoms. The third kappa shape index (κ3) is 8.48. The monoisotopic (exact) mass is 434 g/mol. The van der Waals surface area contributed by atoms with Crippen molar-refractivity contribution in [2.75, 3.05) is 40.5 Å². The minimum absolute atomic E-state index is 0.171. The van der Waals surface area contributed by atoms with Gasteiger partial charge in [-0.1, -0.05) is 30.3 Å². The number of benzene rings is 1. The number of ether oxygens (including phenoxy) is 2.